The lowest BCUT2D eigenvalue weighted by atomic mass is 9.75. The number of hydrogen-bond acceptors (Lipinski definition) is 3. The quantitative estimate of drug-likeness (QED) is 0.296. The van der Waals surface area contributed by atoms with Gasteiger partial charge in [0, 0.05) is 18.0 Å². The van der Waals surface area contributed by atoms with Crippen molar-refractivity contribution >= 4 is 17.7 Å². The summed E-state index contributed by atoms with van der Waals surface area (Å²) < 4.78 is 0. The highest BCUT2D eigenvalue weighted by Gasteiger charge is 2.62. The molecule has 4 unspecified atom stereocenters. The molecule has 2 aliphatic heterocycles. The van der Waals surface area contributed by atoms with Crippen molar-refractivity contribution in [2.24, 2.45) is 5.92 Å². The number of imide groups is 1. The molecule has 0 radical (unpaired) electrons. The summed E-state index contributed by atoms with van der Waals surface area (Å²) in [5.41, 5.74) is 3.52. The van der Waals surface area contributed by atoms with Crippen LogP contribution in [0.25, 0.3) is 0 Å². The molecule has 5 heteroatoms. The summed E-state index contributed by atoms with van der Waals surface area (Å²) in [5, 5.41) is 0. The fourth-order valence-electron chi connectivity index (χ4n) is 5.96. The topological polar surface area (TPSA) is 57.7 Å². The summed E-state index contributed by atoms with van der Waals surface area (Å²) in [6.45, 7) is 8.81. The van der Waals surface area contributed by atoms with Crippen molar-refractivity contribution in [2.75, 3.05) is 6.54 Å². The largest absolute Gasteiger partial charge is 0.328 e. The molecule has 0 N–H and O–H groups in total. The maximum absolute atomic E-state index is 14.2. The first-order valence-electron chi connectivity index (χ1n) is 13.1. The lowest BCUT2D eigenvalue weighted by molar-refractivity contribution is -0.128. The third kappa shape index (κ3) is 4.26. The maximum atomic E-state index is 14.2. The highest BCUT2D eigenvalue weighted by Crippen LogP contribution is 2.54. The molecule has 190 valence electrons. The number of amides is 3. The van der Waals surface area contributed by atoms with E-state index in [1.807, 2.05) is 79.7 Å². The minimum absolute atomic E-state index is 0.0278. The molecular weight excluding hydrogens is 460 g/mol. The summed E-state index contributed by atoms with van der Waals surface area (Å²) >= 11 is 0. The highest BCUT2D eigenvalue weighted by molar-refractivity contribution is 6.08. The van der Waals surface area contributed by atoms with Crippen molar-refractivity contribution in [3.63, 3.8) is 0 Å². The highest BCUT2D eigenvalue weighted by atomic mass is 16.2. The van der Waals surface area contributed by atoms with Gasteiger partial charge in [0.2, 0.25) is 0 Å². The zero-order valence-corrected chi connectivity index (χ0v) is 21.9. The molecule has 0 bridgehead atoms. The van der Waals surface area contributed by atoms with Crippen molar-refractivity contribution in [3.8, 4) is 0 Å². The van der Waals surface area contributed by atoms with Crippen LogP contribution in [0.15, 0.2) is 84.9 Å². The second kappa shape index (κ2) is 9.62. The van der Waals surface area contributed by atoms with E-state index in [1.54, 1.807) is 4.90 Å². The summed E-state index contributed by atoms with van der Waals surface area (Å²) in [6.07, 6.45) is 0.686. The maximum Gasteiger partial charge on any atom is 0.328 e. The van der Waals surface area contributed by atoms with Gasteiger partial charge in [-0.05, 0) is 28.5 Å². The van der Waals surface area contributed by atoms with E-state index in [2.05, 4.69) is 32.9 Å². The van der Waals surface area contributed by atoms with Gasteiger partial charge in [-0.3, -0.25) is 14.5 Å². The fourth-order valence-corrected chi connectivity index (χ4v) is 5.96. The SMILES string of the molecule is CCCN1C(=O)C2C(c3ccccc3)C(C(=O)c3ccccc3)C(c3ccc(C(C)(C)C)cc3)N2C1=O. The summed E-state index contributed by atoms with van der Waals surface area (Å²) in [7, 11) is 0. The molecule has 0 aliphatic carbocycles. The lowest BCUT2D eigenvalue weighted by Crippen LogP contribution is -2.38. The molecule has 37 heavy (non-hydrogen) atoms. The number of urea groups is 1. The first-order valence-corrected chi connectivity index (χ1v) is 13.1. The molecule has 0 spiro atoms. The summed E-state index contributed by atoms with van der Waals surface area (Å²) in [6, 6.07) is 25.6. The van der Waals surface area contributed by atoms with Gasteiger partial charge in [-0.2, -0.15) is 0 Å². The van der Waals surface area contributed by atoms with E-state index in [4.69, 9.17) is 0 Å². The Balaban J connectivity index is 1.70. The molecule has 3 amide bonds. The zero-order valence-electron chi connectivity index (χ0n) is 21.9. The average molecular weight is 495 g/mol. The van der Waals surface area contributed by atoms with Gasteiger partial charge < -0.3 is 4.90 Å². The summed E-state index contributed by atoms with van der Waals surface area (Å²) in [5.74, 6) is -1.29. The minimum atomic E-state index is -0.716. The van der Waals surface area contributed by atoms with Gasteiger partial charge in [-0.1, -0.05) is 113 Å². The smallest absolute Gasteiger partial charge is 0.304 e. The normalized spacial score (nSPS) is 23.5. The van der Waals surface area contributed by atoms with Crippen LogP contribution in [0, 0.1) is 5.92 Å². The third-order valence-electron chi connectivity index (χ3n) is 7.75. The Labute approximate surface area is 219 Å². The van der Waals surface area contributed by atoms with Gasteiger partial charge in [0.25, 0.3) is 5.91 Å². The number of Topliss-reactive ketones (excluding diaryl/α,β-unsaturated/α-hetero) is 1. The fraction of sp³-hybridized carbons (Fsp3) is 0.344. The van der Waals surface area contributed by atoms with E-state index < -0.39 is 23.9 Å². The third-order valence-corrected chi connectivity index (χ3v) is 7.75. The van der Waals surface area contributed by atoms with Crippen LogP contribution >= 0.6 is 0 Å². The van der Waals surface area contributed by atoms with E-state index in [1.165, 1.54) is 10.5 Å². The molecule has 2 heterocycles. The molecule has 0 aromatic heterocycles. The zero-order chi connectivity index (χ0) is 26.3. The van der Waals surface area contributed by atoms with E-state index in [0.29, 0.717) is 18.5 Å². The standard InChI is InChI=1S/C32H34N2O3/c1-5-20-33-30(36)28-25(21-12-8-6-9-13-21)26(29(35)23-14-10-7-11-15-23)27(34(28)31(33)37)22-16-18-24(19-17-22)32(2,3)4/h6-19,25-28H,5,20H2,1-4H3. The molecule has 2 fully saturated rings. The molecule has 3 aromatic carbocycles. The van der Waals surface area contributed by atoms with Crippen LogP contribution in [0.3, 0.4) is 0 Å². The van der Waals surface area contributed by atoms with Crippen LogP contribution in [-0.2, 0) is 10.2 Å². The number of fused-ring (bicyclic) bond motifs is 1. The molecule has 2 saturated heterocycles. The van der Waals surface area contributed by atoms with E-state index >= 15 is 0 Å². The number of rotatable bonds is 6. The van der Waals surface area contributed by atoms with Gasteiger partial charge >= 0.3 is 6.03 Å². The van der Waals surface area contributed by atoms with Crippen LogP contribution < -0.4 is 0 Å². The Morgan fingerprint density at radius 3 is 1.95 bits per heavy atom. The molecular formula is C32H34N2O3. The molecule has 0 saturated carbocycles. The number of nitrogens with zero attached hydrogens (tertiary/aromatic N) is 2. The first-order chi connectivity index (χ1) is 17.7. The van der Waals surface area contributed by atoms with Crippen molar-refractivity contribution in [3.05, 3.63) is 107 Å². The van der Waals surface area contributed by atoms with E-state index in [-0.39, 0.29) is 23.1 Å². The van der Waals surface area contributed by atoms with E-state index in [9.17, 15) is 14.4 Å². The van der Waals surface area contributed by atoms with Gasteiger partial charge in [0.1, 0.15) is 6.04 Å². The van der Waals surface area contributed by atoms with Gasteiger partial charge in [0.05, 0.1) is 12.0 Å². The number of ketones is 1. The monoisotopic (exact) mass is 494 g/mol. The number of carbonyl (C=O) groups is 3. The second-order valence-corrected chi connectivity index (χ2v) is 11.1. The van der Waals surface area contributed by atoms with Crippen LogP contribution in [0.1, 0.15) is 73.1 Å². The van der Waals surface area contributed by atoms with Crippen molar-refractivity contribution < 1.29 is 14.4 Å². The average Bonchev–Trinajstić information content (AvgIpc) is 3.38. The number of benzene rings is 3. The molecule has 5 nitrogen and oxygen atoms in total. The van der Waals surface area contributed by atoms with Gasteiger partial charge in [-0.25, -0.2) is 4.79 Å². The Morgan fingerprint density at radius 1 is 0.784 bits per heavy atom. The van der Waals surface area contributed by atoms with Crippen LogP contribution in [0.2, 0.25) is 0 Å². The van der Waals surface area contributed by atoms with Crippen molar-refractivity contribution in [2.45, 2.75) is 57.5 Å². The van der Waals surface area contributed by atoms with E-state index in [0.717, 1.165) is 11.1 Å². The second-order valence-electron chi connectivity index (χ2n) is 11.1. The van der Waals surface area contributed by atoms with Crippen LogP contribution in [0.5, 0.6) is 0 Å². The molecule has 4 atom stereocenters. The van der Waals surface area contributed by atoms with Crippen molar-refractivity contribution in [1.29, 1.82) is 0 Å². The van der Waals surface area contributed by atoms with Crippen LogP contribution in [-0.4, -0.2) is 40.1 Å². The number of hydrogen-bond donors (Lipinski definition) is 0. The first kappa shape index (κ1) is 24.9. The Hall–Kier alpha value is -3.73. The van der Waals surface area contributed by atoms with Gasteiger partial charge in [-0.15, -0.1) is 0 Å². The predicted molar refractivity (Wildman–Crippen MR) is 144 cm³/mol. The Kier molecular flexibility index (Phi) is 6.49. The summed E-state index contributed by atoms with van der Waals surface area (Å²) in [4.78, 5) is 44.9. The van der Waals surface area contributed by atoms with Crippen LogP contribution in [0.4, 0.5) is 4.79 Å². The van der Waals surface area contributed by atoms with Gasteiger partial charge in [0.15, 0.2) is 5.78 Å². The Morgan fingerprint density at radius 2 is 1.38 bits per heavy atom. The molecule has 3 aromatic rings. The lowest BCUT2D eigenvalue weighted by Gasteiger charge is -2.29. The predicted octanol–water partition coefficient (Wildman–Crippen LogP) is 6.36. The molecule has 5 rings (SSSR count). The minimum Gasteiger partial charge on any atom is -0.304 e. The molecule has 2 aliphatic rings. The number of carbonyl (C=O) groups excluding carboxylic acids is 3. The Bertz CT molecular complexity index is 1300. The van der Waals surface area contributed by atoms with Crippen molar-refractivity contribution in [1.82, 2.24) is 9.80 Å².